The first-order chi connectivity index (χ1) is 12.2. The second kappa shape index (κ2) is 6.55. The maximum Gasteiger partial charge on any atom is 0.231 e. The van der Waals surface area contributed by atoms with Crippen LogP contribution in [-0.4, -0.2) is 27.6 Å². The lowest BCUT2D eigenvalue weighted by Crippen LogP contribution is -2.20. The number of ether oxygens (including phenoxy) is 1. The number of aromatic nitrogens is 3. The lowest BCUT2D eigenvalue weighted by atomic mass is 10.1. The minimum Gasteiger partial charge on any atom is -0.480 e. The van der Waals surface area contributed by atoms with Gasteiger partial charge in [-0.1, -0.05) is 25.0 Å². The third kappa shape index (κ3) is 3.20. The van der Waals surface area contributed by atoms with Crippen LogP contribution in [0, 0.1) is 5.92 Å². The molecule has 1 amide bonds. The number of anilines is 1. The molecule has 0 radical (unpaired) electrons. The zero-order chi connectivity index (χ0) is 17.2. The van der Waals surface area contributed by atoms with E-state index in [2.05, 4.69) is 15.4 Å². The monoisotopic (exact) mass is 336 g/mol. The van der Waals surface area contributed by atoms with E-state index in [4.69, 9.17) is 4.74 Å². The van der Waals surface area contributed by atoms with Crippen LogP contribution < -0.4 is 10.1 Å². The smallest absolute Gasteiger partial charge is 0.231 e. The Kier molecular flexibility index (Phi) is 4.09. The summed E-state index contributed by atoms with van der Waals surface area (Å²) in [6.07, 6.45) is 6.14. The predicted octanol–water partition coefficient (Wildman–Crippen LogP) is 3.53. The van der Waals surface area contributed by atoms with Gasteiger partial charge in [0.1, 0.15) is 0 Å². The number of methoxy groups -OCH3 is 1. The highest BCUT2D eigenvalue weighted by molar-refractivity contribution is 5.93. The van der Waals surface area contributed by atoms with Crippen molar-refractivity contribution < 1.29 is 9.53 Å². The molecule has 2 heterocycles. The minimum atomic E-state index is 0.121. The Morgan fingerprint density at radius 3 is 2.88 bits per heavy atom. The van der Waals surface area contributed by atoms with Gasteiger partial charge in [-0.3, -0.25) is 4.79 Å². The number of carbonyl (C=O) groups excluding carboxylic acids is 1. The molecule has 1 fully saturated rings. The second-order valence-electron chi connectivity index (χ2n) is 6.36. The van der Waals surface area contributed by atoms with E-state index in [9.17, 15) is 4.79 Å². The molecule has 1 saturated carbocycles. The average molecular weight is 336 g/mol. The van der Waals surface area contributed by atoms with Crippen LogP contribution in [0.5, 0.6) is 5.88 Å². The maximum absolute atomic E-state index is 12.3. The van der Waals surface area contributed by atoms with E-state index in [0.29, 0.717) is 5.88 Å². The van der Waals surface area contributed by atoms with E-state index in [1.165, 1.54) is 0 Å². The average Bonchev–Trinajstić information content (AvgIpc) is 3.31. The molecule has 3 aromatic rings. The zero-order valence-electron chi connectivity index (χ0n) is 14.1. The summed E-state index contributed by atoms with van der Waals surface area (Å²) in [5, 5.41) is 7.36. The summed E-state index contributed by atoms with van der Waals surface area (Å²) in [5.41, 5.74) is 3.29. The molecule has 0 aliphatic heterocycles. The molecule has 0 atom stereocenters. The van der Waals surface area contributed by atoms with E-state index in [1.807, 2.05) is 36.5 Å². The SMILES string of the molecule is COc1ccc2nc(-c3cccc(NC(=O)C4CCCC4)c3)cn2n1. The summed E-state index contributed by atoms with van der Waals surface area (Å²) in [7, 11) is 1.59. The first-order valence-electron chi connectivity index (χ1n) is 8.55. The molecular weight excluding hydrogens is 316 g/mol. The van der Waals surface area contributed by atoms with Gasteiger partial charge in [-0.15, -0.1) is 5.10 Å². The Bertz CT molecular complexity index is 913. The lowest BCUT2D eigenvalue weighted by molar-refractivity contribution is -0.119. The van der Waals surface area contributed by atoms with Gasteiger partial charge >= 0.3 is 0 Å². The van der Waals surface area contributed by atoms with E-state index in [1.54, 1.807) is 17.7 Å². The summed E-state index contributed by atoms with van der Waals surface area (Å²) in [5.74, 6) is 0.806. The van der Waals surface area contributed by atoms with Crippen molar-refractivity contribution in [2.75, 3.05) is 12.4 Å². The molecule has 0 bridgehead atoms. The topological polar surface area (TPSA) is 68.5 Å². The van der Waals surface area contributed by atoms with Gasteiger partial charge in [0.25, 0.3) is 0 Å². The molecule has 1 aliphatic rings. The molecule has 25 heavy (non-hydrogen) atoms. The van der Waals surface area contributed by atoms with Crippen molar-refractivity contribution >= 4 is 17.2 Å². The van der Waals surface area contributed by atoms with E-state index < -0.39 is 0 Å². The number of fused-ring (bicyclic) bond motifs is 1. The fourth-order valence-corrected chi connectivity index (χ4v) is 3.30. The minimum absolute atomic E-state index is 0.121. The number of nitrogens with one attached hydrogen (secondary N) is 1. The van der Waals surface area contributed by atoms with E-state index in [-0.39, 0.29) is 11.8 Å². The van der Waals surface area contributed by atoms with Crippen LogP contribution in [0.4, 0.5) is 5.69 Å². The Labute approximate surface area is 145 Å². The Morgan fingerprint density at radius 1 is 1.24 bits per heavy atom. The summed E-state index contributed by atoms with van der Waals surface area (Å²) >= 11 is 0. The molecule has 0 saturated heterocycles. The molecule has 1 aromatic carbocycles. The van der Waals surface area contributed by atoms with Crippen molar-refractivity contribution in [3.8, 4) is 17.1 Å². The Morgan fingerprint density at radius 2 is 2.08 bits per heavy atom. The van der Waals surface area contributed by atoms with Crippen molar-refractivity contribution in [3.63, 3.8) is 0 Å². The number of rotatable bonds is 4. The number of nitrogens with zero attached hydrogens (tertiary/aromatic N) is 3. The molecule has 6 heteroatoms. The standard InChI is InChI=1S/C19H20N4O2/c1-25-18-10-9-17-21-16(12-23(17)22-18)14-7-4-8-15(11-14)20-19(24)13-5-2-3-6-13/h4,7-13H,2-3,5-6H2,1H3,(H,20,24). The summed E-state index contributed by atoms with van der Waals surface area (Å²) in [6, 6.07) is 11.4. The Balaban J connectivity index is 1.59. The van der Waals surface area contributed by atoms with Gasteiger partial charge in [0.05, 0.1) is 19.0 Å². The predicted molar refractivity (Wildman–Crippen MR) is 95.6 cm³/mol. The second-order valence-corrected chi connectivity index (χ2v) is 6.36. The number of amides is 1. The van der Waals surface area contributed by atoms with Gasteiger partial charge in [0.2, 0.25) is 11.8 Å². The largest absolute Gasteiger partial charge is 0.480 e. The molecule has 0 spiro atoms. The maximum atomic E-state index is 12.3. The molecule has 2 aromatic heterocycles. The van der Waals surface area contributed by atoms with Crippen LogP contribution in [-0.2, 0) is 4.79 Å². The molecule has 4 rings (SSSR count). The van der Waals surface area contributed by atoms with Gasteiger partial charge in [-0.25, -0.2) is 9.50 Å². The van der Waals surface area contributed by atoms with Crippen LogP contribution in [0.2, 0.25) is 0 Å². The van der Waals surface area contributed by atoms with Crippen LogP contribution in [0.25, 0.3) is 16.9 Å². The van der Waals surface area contributed by atoms with Crippen molar-refractivity contribution in [2.24, 2.45) is 5.92 Å². The number of imidazole rings is 1. The normalized spacial score (nSPS) is 14.8. The highest BCUT2D eigenvalue weighted by atomic mass is 16.5. The fourth-order valence-electron chi connectivity index (χ4n) is 3.30. The van der Waals surface area contributed by atoms with Gasteiger partial charge in [0, 0.05) is 23.2 Å². The number of hydrogen-bond acceptors (Lipinski definition) is 4. The fraction of sp³-hybridized carbons (Fsp3) is 0.316. The third-order valence-electron chi connectivity index (χ3n) is 4.66. The zero-order valence-corrected chi connectivity index (χ0v) is 14.1. The molecule has 6 nitrogen and oxygen atoms in total. The Hall–Kier alpha value is -2.89. The van der Waals surface area contributed by atoms with Crippen LogP contribution in [0.1, 0.15) is 25.7 Å². The quantitative estimate of drug-likeness (QED) is 0.791. The third-order valence-corrected chi connectivity index (χ3v) is 4.66. The van der Waals surface area contributed by atoms with Crippen molar-refractivity contribution in [3.05, 3.63) is 42.6 Å². The molecular formula is C19H20N4O2. The first kappa shape index (κ1) is 15.6. The van der Waals surface area contributed by atoms with Crippen molar-refractivity contribution in [1.82, 2.24) is 14.6 Å². The summed E-state index contributed by atoms with van der Waals surface area (Å²) in [6.45, 7) is 0. The summed E-state index contributed by atoms with van der Waals surface area (Å²) in [4.78, 5) is 16.9. The van der Waals surface area contributed by atoms with Crippen molar-refractivity contribution in [1.29, 1.82) is 0 Å². The number of benzene rings is 1. The van der Waals surface area contributed by atoms with Crippen LogP contribution in [0.3, 0.4) is 0 Å². The van der Waals surface area contributed by atoms with E-state index in [0.717, 1.165) is 48.3 Å². The van der Waals surface area contributed by atoms with Crippen molar-refractivity contribution in [2.45, 2.75) is 25.7 Å². The van der Waals surface area contributed by atoms with Gasteiger partial charge in [0.15, 0.2) is 5.65 Å². The molecule has 1 N–H and O–H groups in total. The number of carbonyl (C=O) groups is 1. The lowest BCUT2D eigenvalue weighted by Gasteiger charge is -2.10. The van der Waals surface area contributed by atoms with Gasteiger partial charge in [-0.2, -0.15) is 0 Å². The number of hydrogen-bond donors (Lipinski definition) is 1. The highest BCUT2D eigenvalue weighted by Crippen LogP contribution is 2.27. The highest BCUT2D eigenvalue weighted by Gasteiger charge is 2.22. The van der Waals surface area contributed by atoms with Crippen LogP contribution >= 0.6 is 0 Å². The van der Waals surface area contributed by atoms with Gasteiger partial charge < -0.3 is 10.1 Å². The van der Waals surface area contributed by atoms with E-state index >= 15 is 0 Å². The van der Waals surface area contributed by atoms with Gasteiger partial charge in [-0.05, 0) is 31.0 Å². The molecule has 0 unspecified atom stereocenters. The molecule has 128 valence electrons. The summed E-state index contributed by atoms with van der Waals surface area (Å²) < 4.78 is 6.83. The molecule has 1 aliphatic carbocycles. The first-order valence-corrected chi connectivity index (χ1v) is 8.55. The van der Waals surface area contributed by atoms with Crippen LogP contribution in [0.15, 0.2) is 42.6 Å².